The molecule has 0 amide bonds. The van der Waals surface area contributed by atoms with E-state index in [1.54, 1.807) is 13.3 Å². The lowest BCUT2D eigenvalue weighted by Gasteiger charge is -2.11. The van der Waals surface area contributed by atoms with Gasteiger partial charge in [-0.3, -0.25) is 0 Å². The van der Waals surface area contributed by atoms with Crippen LogP contribution >= 0.6 is 0 Å². The summed E-state index contributed by atoms with van der Waals surface area (Å²) in [6.07, 6.45) is 2.87. The molecule has 0 fully saturated rings. The van der Waals surface area contributed by atoms with Gasteiger partial charge < -0.3 is 14.8 Å². The predicted octanol–water partition coefficient (Wildman–Crippen LogP) is 3.63. The van der Waals surface area contributed by atoms with Crippen molar-refractivity contribution in [2.45, 2.75) is 26.6 Å². The van der Waals surface area contributed by atoms with Crippen LogP contribution < -0.4 is 10.1 Å². The molecular weight excluding hydrogens is 264 g/mol. The summed E-state index contributed by atoms with van der Waals surface area (Å²) < 4.78 is 10.9. The number of pyridine rings is 1. The number of hydrogen-bond acceptors (Lipinski definition) is 4. The Labute approximate surface area is 126 Å². The van der Waals surface area contributed by atoms with E-state index in [1.165, 1.54) is 0 Å². The molecule has 0 radical (unpaired) electrons. The molecule has 2 aromatic rings. The first kappa shape index (κ1) is 15.3. The summed E-state index contributed by atoms with van der Waals surface area (Å²) in [6.45, 7) is 4.18. The zero-order valence-corrected chi connectivity index (χ0v) is 12.6. The third-order valence-corrected chi connectivity index (χ3v) is 3.12. The first-order chi connectivity index (χ1) is 10.3. The van der Waals surface area contributed by atoms with E-state index in [0.717, 1.165) is 35.7 Å². The van der Waals surface area contributed by atoms with Crippen molar-refractivity contribution in [1.82, 2.24) is 4.98 Å². The van der Waals surface area contributed by atoms with Gasteiger partial charge in [0.2, 0.25) is 0 Å². The van der Waals surface area contributed by atoms with E-state index in [1.807, 2.05) is 36.4 Å². The highest BCUT2D eigenvalue weighted by Gasteiger charge is 2.03. The molecule has 21 heavy (non-hydrogen) atoms. The first-order valence-electron chi connectivity index (χ1n) is 7.22. The van der Waals surface area contributed by atoms with Crippen LogP contribution in [0.15, 0.2) is 42.6 Å². The standard InChI is InChI=1S/C17H22N2O2/c1-3-10-18-17-15(5-4-11-19-17)13-21-12-14-6-8-16(20-2)9-7-14/h4-9,11H,3,10,12-13H2,1-2H3,(H,18,19). The van der Waals surface area contributed by atoms with Crippen molar-refractivity contribution in [1.29, 1.82) is 0 Å². The lowest BCUT2D eigenvalue weighted by Crippen LogP contribution is -2.06. The molecule has 0 spiro atoms. The van der Waals surface area contributed by atoms with Gasteiger partial charge in [0, 0.05) is 18.3 Å². The van der Waals surface area contributed by atoms with Crippen LogP contribution in [0.25, 0.3) is 0 Å². The summed E-state index contributed by atoms with van der Waals surface area (Å²) in [4.78, 5) is 4.36. The summed E-state index contributed by atoms with van der Waals surface area (Å²) in [5.41, 5.74) is 2.21. The predicted molar refractivity (Wildman–Crippen MR) is 84.5 cm³/mol. The van der Waals surface area contributed by atoms with Crippen molar-refractivity contribution in [3.63, 3.8) is 0 Å². The maximum Gasteiger partial charge on any atom is 0.131 e. The minimum absolute atomic E-state index is 0.548. The van der Waals surface area contributed by atoms with Gasteiger partial charge in [-0.15, -0.1) is 0 Å². The van der Waals surface area contributed by atoms with Crippen LogP contribution in [0, 0.1) is 0 Å². The van der Waals surface area contributed by atoms with Gasteiger partial charge in [0.05, 0.1) is 20.3 Å². The van der Waals surface area contributed by atoms with E-state index in [2.05, 4.69) is 17.2 Å². The monoisotopic (exact) mass is 286 g/mol. The second kappa shape index (κ2) is 8.27. The number of hydrogen-bond donors (Lipinski definition) is 1. The van der Waals surface area contributed by atoms with Gasteiger partial charge in [0.15, 0.2) is 0 Å². The van der Waals surface area contributed by atoms with Crippen LogP contribution in [0.2, 0.25) is 0 Å². The van der Waals surface area contributed by atoms with E-state index < -0.39 is 0 Å². The fourth-order valence-electron chi connectivity index (χ4n) is 1.96. The molecule has 1 aromatic heterocycles. The Bertz CT molecular complexity index is 541. The summed E-state index contributed by atoms with van der Waals surface area (Å²) >= 11 is 0. The van der Waals surface area contributed by atoms with Crippen molar-refractivity contribution in [3.8, 4) is 5.75 Å². The van der Waals surface area contributed by atoms with Crippen LogP contribution in [0.1, 0.15) is 24.5 Å². The van der Waals surface area contributed by atoms with Crippen molar-refractivity contribution >= 4 is 5.82 Å². The topological polar surface area (TPSA) is 43.4 Å². The Morgan fingerprint density at radius 3 is 2.62 bits per heavy atom. The fraction of sp³-hybridized carbons (Fsp3) is 0.353. The average molecular weight is 286 g/mol. The Morgan fingerprint density at radius 2 is 1.90 bits per heavy atom. The van der Waals surface area contributed by atoms with Crippen LogP contribution in [0.4, 0.5) is 5.82 Å². The molecule has 0 saturated carbocycles. The summed E-state index contributed by atoms with van der Waals surface area (Å²) in [6, 6.07) is 11.9. The highest BCUT2D eigenvalue weighted by molar-refractivity contribution is 5.43. The van der Waals surface area contributed by atoms with Gasteiger partial charge in [0.25, 0.3) is 0 Å². The number of nitrogens with zero attached hydrogens (tertiary/aromatic N) is 1. The molecule has 112 valence electrons. The van der Waals surface area contributed by atoms with Crippen LogP contribution in [0.5, 0.6) is 5.75 Å². The van der Waals surface area contributed by atoms with E-state index in [9.17, 15) is 0 Å². The highest BCUT2D eigenvalue weighted by atomic mass is 16.5. The zero-order valence-electron chi connectivity index (χ0n) is 12.6. The SMILES string of the molecule is CCCNc1ncccc1COCc1ccc(OC)cc1. The number of nitrogens with one attached hydrogen (secondary N) is 1. The molecule has 1 aromatic carbocycles. The molecule has 1 heterocycles. The summed E-state index contributed by atoms with van der Waals surface area (Å²) in [5.74, 6) is 1.77. The fourth-order valence-corrected chi connectivity index (χ4v) is 1.96. The number of anilines is 1. The molecular formula is C17H22N2O2. The van der Waals surface area contributed by atoms with E-state index >= 15 is 0 Å². The third kappa shape index (κ3) is 4.76. The lowest BCUT2D eigenvalue weighted by molar-refractivity contribution is 0.107. The largest absolute Gasteiger partial charge is 0.497 e. The Hall–Kier alpha value is -2.07. The minimum atomic E-state index is 0.548. The second-order valence-electron chi connectivity index (χ2n) is 4.78. The second-order valence-corrected chi connectivity index (χ2v) is 4.78. The number of aromatic nitrogens is 1. The molecule has 0 bridgehead atoms. The van der Waals surface area contributed by atoms with Crippen LogP contribution in [0.3, 0.4) is 0 Å². The van der Waals surface area contributed by atoms with Gasteiger partial charge >= 0.3 is 0 Å². The third-order valence-electron chi connectivity index (χ3n) is 3.12. The number of ether oxygens (including phenoxy) is 2. The Balaban J connectivity index is 1.87. The van der Waals surface area contributed by atoms with Gasteiger partial charge in [-0.05, 0) is 30.2 Å². The molecule has 0 aliphatic heterocycles. The van der Waals surface area contributed by atoms with E-state index in [4.69, 9.17) is 9.47 Å². The molecule has 0 aliphatic rings. The molecule has 4 nitrogen and oxygen atoms in total. The van der Waals surface area contributed by atoms with Gasteiger partial charge in [-0.1, -0.05) is 25.1 Å². The smallest absolute Gasteiger partial charge is 0.131 e. The molecule has 0 saturated heterocycles. The van der Waals surface area contributed by atoms with Crippen molar-refractivity contribution < 1.29 is 9.47 Å². The molecule has 2 rings (SSSR count). The lowest BCUT2D eigenvalue weighted by atomic mass is 10.2. The average Bonchev–Trinajstić information content (AvgIpc) is 2.54. The minimum Gasteiger partial charge on any atom is -0.497 e. The van der Waals surface area contributed by atoms with Gasteiger partial charge in [0.1, 0.15) is 11.6 Å². The highest BCUT2D eigenvalue weighted by Crippen LogP contribution is 2.15. The number of benzene rings is 1. The quantitative estimate of drug-likeness (QED) is 0.804. The maximum absolute atomic E-state index is 5.78. The van der Waals surface area contributed by atoms with Crippen molar-refractivity contribution in [3.05, 3.63) is 53.7 Å². The molecule has 0 atom stereocenters. The zero-order chi connectivity index (χ0) is 14.9. The van der Waals surface area contributed by atoms with E-state index in [0.29, 0.717) is 13.2 Å². The molecule has 0 unspecified atom stereocenters. The van der Waals surface area contributed by atoms with Crippen LogP contribution in [-0.2, 0) is 18.0 Å². The Morgan fingerprint density at radius 1 is 1.10 bits per heavy atom. The maximum atomic E-state index is 5.78. The van der Waals surface area contributed by atoms with Gasteiger partial charge in [-0.25, -0.2) is 4.98 Å². The van der Waals surface area contributed by atoms with Crippen molar-refractivity contribution in [2.24, 2.45) is 0 Å². The summed E-state index contributed by atoms with van der Waals surface area (Å²) in [7, 11) is 1.67. The summed E-state index contributed by atoms with van der Waals surface area (Å²) in [5, 5.41) is 3.32. The Kier molecular flexibility index (Phi) is 6.03. The van der Waals surface area contributed by atoms with Crippen LogP contribution in [-0.4, -0.2) is 18.6 Å². The first-order valence-corrected chi connectivity index (χ1v) is 7.22. The molecule has 0 aliphatic carbocycles. The van der Waals surface area contributed by atoms with Crippen molar-refractivity contribution in [2.75, 3.05) is 19.0 Å². The molecule has 4 heteroatoms. The molecule has 1 N–H and O–H groups in total. The van der Waals surface area contributed by atoms with E-state index in [-0.39, 0.29) is 0 Å². The number of methoxy groups -OCH3 is 1. The normalized spacial score (nSPS) is 10.4. The number of rotatable bonds is 8. The van der Waals surface area contributed by atoms with Gasteiger partial charge in [-0.2, -0.15) is 0 Å².